The third-order valence-electron chi connectivity index (χ3n) is 4.56. The van der Waals surface area contributed by atoms with Crippen molar-refractivity contribution in [3.8, 4) is 17.0 Å². The maximum Gasteiger partial charge on any atom is 0.267 e. The molecule has 0 unspecified atom stereocenters. The van der Waals surface area contributed by atoms with E-state index < -0.39 is 0 Å². The zero-order valence-electron chi connectivity index (χ0n) is 17.2. The first-order valence-corrected chi connectivity index (χ1v) is 9.56. The number of anilines is 1. The van der Waals surface area contributed by atoms with Crippen LogP contribution in [0.5, 0.6) is 5.75 Å². The van der Waals surface area contributed by atoms with Crippen LogP contribution >= 0.6 is 0 Å². The summed E-state index contributed by atoms with van der Waals surface area (Å²) in [5, 5.41) is 7.27. The van der Waals surface area contributed by atoms with Crippen LogP contribution < -0.4 is 15.6 Å². The van der Waals surface area contributed by atoms with E-state index in [4.69, 9.17) is 4.74 Å². The highest BCUT2D eigenvalue weighted by Gasteiger charge is 2.11. The fourth-order valence-corrected chi connectivity index (χ4v) is 3.30. The van der Waals surface area contributed by atoms with Crippen LogP contribution in [0.25, 0.3) is 11.3 Å². The molecule has 0 spiro atoms. The minimum Gasteiger partial charge on any atom is -0.494 e. The number of aryl methyl sites for hydroxylation is 3. The summed E-state index contributed by atoms with van der Waals surface area (Å²) in [6, 6.07) is 14.6. The van der Waals surface area contributed by atoms with E-state index in [1.807, 2.05) is 64.1 Å². The molecule has 2 aromatic carbocycles. The number of ether oxygens (including phenoxy) is 1. The summed E-state index contributed by atoms with van der Waals surface area (Å²) in [7, 11) is 0. The molecule has 6 nitrogen and oxygen atoms in total. The number of hydrogen-bond donors (Lipinski definition) is 1. The second-order valence-corrected chi connectivity index (χ2v) is 6.99. The van der Waals surface area contributed by atoms with Crippen molar-refractivity contribution in [1.82, 2.24) is 9.78 Å². The Labute approximate surface area is 170 Å². The van der Waals surface area contributed by atoms with Crippen molar-refractivity contribution in [1.29, 1.82) is 0 Å². The summed E-state index contributed by atoms with van der Waals surface area (Å²) in [6.07, 6.45) is 0. The van der Waals surface area contributed by atoms with Crippen LogP contribution in [-0.4, -0.2) is 22.3 Å². The molecule has 0 fully saturated rings. The molecule has 0 saturated heterocycles. The molecule has 150 valence electrons. The molecule has 6 heteroatoms. The van der Waals surface area contributed by atoms with Gasteiger partial charge in [0.2, 0.25) is 5.91 Å². The Morgan fingerprint density at radius 1 is 1.03 bits per heavy atom. The van der Waals surface area contributed by atoms with Crippen molar-refractivity contribution in [3.05, 3.63) is 75.6 Å². The van der Waals surface area contributed by atoms with E-state index in [2.05, 4.69) is 10.4 Å². The Bertz CT molecular complexity index is 1060. The van der Waals surface area contributed by atoms with Gasteiger partial charge in [-0.3, -0.25) is 9.59 Å². The van der Waals surface area contributed by atoms with E-state index in [1.54, 1.807) is 6.07 Å². The minimum atomic E-state index is -0.327. The number of carbonyl (C=O) groups excluding carboxylic acids is 1. The molecule has 0 saturated carbocycles. The van der Waals surface area contributed by atoms with Gasteiger partial charge in [-0.1, -0.05) is 17.7 Å². The molecule has 1 heterocycles. The zero-order valence-corrected chi connectivity index (χ0v) is 17.2. The molecule has 0 atom stereocenters. The molecular weight excluding hydrogens is 366 g/mol. The second-order valence-electron chi connectivity index (χ2n) is 6.99. The second kappa shape index (κ2) is 8.73. The van der Waals surface area contributed by atoms with E-state index in [0.29, 0.717) is 12.3 Å². The lowest BCUT2D eigenvalue weighted by molar-refractivity contribution is -0.117. The van der Waals surface area contributed by atoms with Gasteiger partial charge in [-0.25, -0.2) is 4.68 Å². The molecular formula is C23H25N3O3. The Hall–Kier alpha value is -3.41. The smallest absolute Gasteiger partial charge is 0.267 e. The SMILES string of the molecule is CCOc1ccc(-c2ccc(=O)n(CC(=O)Nc3c(C)cc(C)cc3C)n2)cc1. The van der Waals surface area contributed by atoms with Crippen LogP contribution in [0.2, 0.25) is 0 Å². The molecule has 0 bridgehead atoms. The van der Waals surface area contributed by atoms with Crippen LogP contribution in [0.15, 0.2) is 53.3 Å². The molecule has 3 rings (SSSR count). The zero-order chi connectivity index (χ0) is 21.0. The van der Waals surface area contributed by atoms with Crippen molar-refractivity contribution in [2.45, 2.75) is 34.2 Å². The summed E-state index contributed by atoms with van der Waals surface area (Å²) in [5.74, 6) is 0.478. The topological polar surface area (TPSA) is 73.2 Å². The predicted molar refractivity (Wildman–Crippen MR) is 114 cm³/mol. The fraction of sp³-hybridized carbons (Fsp3) is 0.261. The largest absolute Gasteiger partial charge is 0.494 e. The third kappa shape index (κ3) is 4.90. The van der Waals surface area contributed by atoms with E-state index in [9.17, 15) is 9.59 Å². The van der Waals surface area contributed by atoms with Gasteiger partial charge in [0, 0.05) is 17.3 Å². The summed E-state index contributed by atoms with van der Waals surface area (Å²) in [4.78, 5) is 24.8. The van der Waals surface area contributed by atoms with Gasteiger partial charge in [0.25, 0.3) is 5.56 Å². The number of benzene rings is 2. The standard InChI is InChI=1S/C23H25N3O3/c1-5-29-19-8-6-18(7-9-19)20-10-11-22(28)26(25-20)14-21(27)24-23-16(3)12-15(2)13-17(23)4/h6-13H,5,14H2,1-4H3,(H,24,27). The van der Waals surface area contributed by atoms with Gasteiger partial charge in [-0.05, 0) is 69.2 Å². The van der Waals surface area contributed by atoms with Crippen LogP contribution in [0, 0.1) is 20.8 Å². The van der Waals surface area contributed by atoms with Gasteiger partial charge in [0.15, 0.2) is 0 Å². The number of rotatable bonds is 6. The van der Waals surface area contributed by atoms with Crippen molar-refractivity contribution >= 4 is 11.6 Å². The molecule has 0 aliphatic carbocycles. The molecule has 1 aromatic heterocycles. The molecule has 0 aliphatic heterocycles. The minimum absolute atomic E-state index is 0.156. The summed E-state index contributed by atoms with van der Waals surface area (Å²) in [6.45, 7) is 8.28. The maximum absolute atomic E-state index is 12.6. The number of aromatic nitrogens is 2. The molecule has 1 N–H and O–H groups in total. The van der Waals surface area contributed by atoms with Crippen molar-refractivity contribution in [2.24, 2.45) is 0 Å². The monoisotopic (exact) mass is 391 g/mol. The van der Waals surface area contributed by atoms with Crippen LogP contribution in [0.4, 0.5) is 5.69 Å². The number of nitrogens with zero attached hydrogens (tertiary/aromatic N) is 2. The van der Waals surface area contributed by atoms with E-state index >= 15 is 0 Å². The lowest BCUT2D eigenvalue weighted by atomic mass is 10.1. The molecule has 29 heavy (non-hydrogen) atoms. The first-order chi connectivity index (χ1) is 13.9. The van der Waals surface area contributed by atoms with Gasteiger partial charge < -0.3 is 10.1 Å². The number of carbonyl (C=O) groups is 1. The average Bonchev–Trinajstić information content (AvgIpc) is 2.67. The Morgan fingerprint density at radius 3 is 2.31 bits per heavy atom. The van der Waals surface area contributed by atoms with Gasteiger partial charge in [0.05, 0.1) is 12.3 Å². The Kier molecular flexibility index (Phi) is 6.12. The van der Waals surface area contributed by atoms with E-state index in [1.165, 1.54) is 10.7 Å². The molecule has 1 amide bonds. The summed E-state index contributed by atoms with van der Waals surface area (Å²) >= 11 is 0. The molecule has 3 aromatic rings. The van der Waals surface area contributed by atoms with Gasteiger partial charge in [-0.15, -0.1) is 0 Å². The van der Waals surface area contributed by atoms with Crippen LogP contribution in [0.1, 0.15) is 23.6 Å². The van der Waals surface area contributed by atoms with Crippen molar-refractivity contribution < 1.29 is 9.53 Å². The highest BCUT2D eigenvalue weighted by Crippen LogP contribution is 2.22. The summed E-state index contributed by atoms with van der Waals surface area (Å²) < 4.78 is 6.63. The molecule has 0 radical (unpaired) electrons. The fourth-order valence-electron chi connectivity index (χ4n) is 3.30. The van der Waals surface area contributed by atoms with Crippen molar-refractivity contribution in [2.75, 3.05) is 11.9 Å². The van der Waals surface area contributed by atoms with Crippen LogP contribution in [-0.2, 0) is 11.3 Å². The van der Waals surface area contributed by atoms with Crippen molar-refractivity contribution in [3.63, 3.8) is 0 Å². The predicted octanol–water partition coefficient (Wildman–Crippen LogP) is 3.87. The van der Waals surface area contributed by atoms with Crippen LogP contribution in [0.3, 0.4) is 0 Å². The lowest BCUT2D eigenvalue weighted by Gasteiger charge is -2.13. The normalized spacial score (nSPS) is 10.6. The summed E-state index contributed by atoms with van der Waals surface area (Å²) in [5.41, 5.74) is 5.01. The van der Waals surface area contributed by atoms with Gasteiger partial charge in [-0.2, -0.15) is 5.10 Å². The quantitative estimate of drug-likeness (QED) is 0.692. The highest BCUT2D eigenvalue weighted by molar-refractivity contribution is 5.92. The number of amides is 1. The Morgan fingerprint density at radius 2 is 1.69 bits per heavy atom. The number of hydrogen-bond acceptors (Lipinski definition) is 4. The maximum atomic E-state index is 12.6. The van der Waals surface area contributed by atoms with E-state index in [0.717, 1.165) is 33.7 Å². The van der Waals surface area contributed by atoms with Gasteiger partial charge in [0.1, 0.15) is 12.3 Å². The Balaban J connectivity index is 1.80. The van der Waals surface area contributed by atoms with Gasteiger partial charge >= 0.3 is 0 Å². The first-order valence-electron chi connectivity index (χ1n) is 9.56. The molecule has 0 aliphatic rings. The first kappa shape index (κ1) is 20.3. The highest BCUT2D eigenvalue weighted by atomic mass is 16.5. The average molecular weight is 391 g/mol. The lowest BCUT2D eigenvalue weighted by Crippen LogP contribution is -2.29. The number of nitrogens with one attached hydrogen (secondary N) is 1. The third-order valence-corrected chi connectivity index (χ3v) is 4.56. The van der Waals surface area contributed by atoms with E-state index in [-0.39, 0.29) is 18.0 Å².